The molecule has 108 valence electrons. The van der Waals surface area contributed by atoms with Crippen LogP contribution in [0.25, 0.3) is 10.6 Å². The van der Waals surface area contributed by atoms with Gasteiger partial charge in [-0.1, -0.05) is 31.3 Å². The van der Waals surface area contributed by atoms with Gasteiger partial charge in [0.15, 0.2) is 16.5 Å². The van der Waals surface area contributed by atoms with Gasteiger partial charge in [0.05, 0.1) is 19.8 Å². The molecule has 1 heterocycles. The average molecular weight is 293 g/mol. The molecule has 0 unspecified atom stereocenters. The van der Waals surface area contributed by atoms with E-state index in [1.807, 2.05) is 18.2 Å². The number of para-hydroxylation sites is 1. The summed E-state index contributed by atoms with van der Waals surface area (Å²) in [5.74, 6) is 1.39. The van der Waals surface area contributed by atoms with Crippen molar-refractivity contribution in [1.82, 2.24) is 15.5 Å². The van der Waals surface area contributed by atoms with Crippen LogP contribution in [-0.2, 0) is 6.54 Å². The molecule has 0 saturated heterocycles. The minimum atomic E-state index is 0.425. The van der Waals surface area contributed by atoms with Crippen LogP contribution in [0.4, 0.5) is 0 Å². The summed E-state index contributed by atoms with van der Waals surface area (Å²) in [6.07, 6.45) is 0. The summed E-state index contributed by atoms with van der Waals surface area (Å²) in [5, 5.41) is 13.6. The van der Waals surface area contributed by atoms with E-state index in [-0.39, 0.29) is 0 Å². The number of aromatic nitrogens is 2. The van der Waals surface area contributed by atoms with Crippen molar-refractivity contribution in [3.8, 4) is 22.1 Å². The van der Waals surface area contributed by atoms with Crippen molar-refractivity contribution in [3.63, 3.8) is 0 Å². The van der Waals surface area contributed by atoms with Crippen LogP contribution in [0.1, 0.15) is 18.9 Å². The second-order valence-electron chi connectivity index (χ2n) is 4.58. The van der Waals surface area contributed by atoms with Crippen LogP contribution >= 0.6 is 11.3 Å². The Balaban J connectivity index is 2.28. The van der Waals surface area contributed by atoms with Gasteiger partial charge in [-0.15, -0.1) is 10.2 Å². The zero-order valence-corrected chi connectivity index (χ0v) is 13.0. The van der Waals surface area contributed by atoms with Crippen LogP contribution in [-0.4, -0.2) is 30.5 Å². The van der Waals surface area contributed by atoms with Crippen molar-refractivity contribution in [1.29, 1.82) is 0 Å². The Morgan fingerprint density at radius 1 is 1.20 bits per heavy atom. The Bertz CT molecular complexity index is 569. The van der Waals surface area contributed by atoms with E-state index in [1.54, 1.807) is 25.6 Å². The predicted molar refractivity (Wildman–Crippen MR) is 80.4 cm³/mol. The number of hydrogen-bond acceptors (Lipinski definition) is 6. The van der Waals surface area contributed by atoms with Crippen LogP contribution in [0.3, 0.4) is 0 Å². The standard InChI is InChI=1S/C14H19N3O2S/c1-9(2)15-8-12-16-17-14(20-12)10-6-5-7-11(18-3)13(10)19-4/h5-7,9,15H,8H2,1-4H3. The molecule has 0 radical (unpaired) electrons. The molecular formula is C14H19N3O2S. The molecule has 2 rings (SSSR count). The van der Waals surface area contributed by atoms with E-state index in [0.717, 1.165) is 22.1 Å². The van der Waals surface area contributed by atoms with Gasteiger partial charge in [0.25, 0.3) is 0 Å². The van der Waals surface area contributed by atoms with Crippen molar-refractivity contribution in [2.75, 3.05) is 14.2 Å². The summed E-state index contributed by atoms with van der Waals surface area (Å²) in [5.41, 5.74) is 0.903. The van der Waals surface area contributed by atoms with Gasteiger partial charge >= 0.3 is 0 Å². The third kappa shape index (κ3) is 3.26. The van der Waals surface area contributed by atoms with Gasteiger partial charge in [-0.25, -0.2) is 0 Å². The molecule has 0 atom stereocenters. The van der Waals surface area contributed by atoms with E-state index < -0.39 is 0 Å². The molecule has 5 nitrogen and oxygen atoms in total. The topological polar surface area (TPSA) is 56.3 Å². The summed E-state index contributed by atoms with van der Waals surface area (Å²) in [4.78, 5) is 0. The van der Waals surface area contributed by atoms with Crippen LogP contribution < -0.4 is 14.8 Å². The van der Waals surface area contributed by atoms with Crippen molar-refractivity contribution in [3.05, 3.63) is 23.2 Å². The van der Waals surface area contributed by atoms with Gasteiger partial charge in [0.2, 0.25) is 0 Å². The highest BCUT2D eigenvalue weighted by Crippen LogP contribution is 2.38. The number of methoxy groups -OCH3 is 2. The molecule has 1 aromatic heterocycles. The fourth-order valence-corrected chi connectivity index (χ4v) is 2.59. The maximum absolute atomic E-state index is 5.43. The van der Waals surface area contributed by atoms with E-state index in [4.69, 9.17) is 9.47 Å². The number of rotatable bonds is 6. The van der Waals surface area contributed by atoms with Gasteiger partial charge < -0.3 is 14.8 Å². The van der Waals surface area contributed by atoms with Crippen molar-refractivity contribution in [2.24, 2.45) is 0 Å². The highest BCUT2D eigenvalue weighted by atomic mass is 32.1. The van der Waals surface area contributed by atoms with Gasteiger partial charge in [0.1, 0.15) is 5.01 Å². The van der Waals surface area contributed by atoms with Crippen LogP contribution in [0.2, 0.25) is 0 Å². The SMILES string of the molecule is COc1cccc(-c2nnc(CNC(C)C)s2)c1OC. The Morgan fingerprint density at radius 2 is 2.00 bits per heavy atom. The first-order chi connectivity index (χ1) is 9.65. The molecule has 0 aliphatic rings. The van der Waals surface area contributed by atoms with E-state index in [2.05, 4.69) is 29.4 Å². The van der Waals surface area contributed by atoms with Gasteiger partial charge in [0, 0.05) is 12.6 Å². The lowest BCUT2D eigenvalue weighted by Gasteiger charge is -2.10. The molecule has 0 aliphatic carbocycles. The molecule has 0 amide bonds. The minimum absolute atomic E-state index is 0.425. The first kappa shape index (κ1) is 14.7. The zero-order valence-electron chi connectivity index (χ0n) is 12.1. The smallest absolute Gasteiger partial charge is 0.171 e. The fourth-order valence-electron chi connectivity index (χ4n) is 1.78. The van der Waals surface area contributed by atoms with E-state index in [0.29, 0.717) is 17.5 Å². The largest absolute Gasteiger partial charge is 0.493 e. The molecule has 0 aliphatic heterocycles. The van der Waals surface area contributed by atoms with E-state index in [1.165, 1.54) is 0 Å². The van der Waals surface area contributed by atoms with E-state index in [9.17, 15) is 0 Å². The molecule has 2 aromatic rings. The average Bonchev–Trinajstić information content (AvgIpc) is 2.92. The lowest BCUT2D eigenvalue weighted by molar-refractivity contribution is 0.356. The Labute approximate surface area is 123 Å². The molecule has 0 bridgehead atoms. The minimum Gasteiger partial charge on any atom is -0.493 e. The fraction of sp³-hybridized carbons (Fsp3) is 0.429. The first-order valence-corrected chi connectivity index (χ1v) is 7.24. The first-order valence-electron chi connectivity index (χ1n) is 6.42. The molecular weight excluding hydrogens is 274 g/mol. The lowest BCUT2D eigenvalue weighted by Crippen LogP contribution is -2.21. The van der Waals surface area contributed by atoms with Crippen molar-refractivity contribution in [2.45, 2.75) is 26.4 Å². The zero-order chi connectivity index (χ0) is 14.5. The highest BCUT2D eigenvalue weighted by Gasteiger charge is 2.15. The number of hydrogen-bond donors (Lipinski definition) is 1. The van der Waals surface area contributed by atoms with Crippen LogP contribution in [0, 0.1) is 0 Å². The molecule has 6 heteroatoms. The lowest BCUT2D eigenvalue weighted by atomic mass is 10.2. The summed E-state index contributed by atoms with van der Waals surface area (Å²) in [7, 11) is 3.25. The summed E-state index contributed by atoms with van der Waals surface area (Å²) >= 11 is 1.56. The Kier molecular flexibility index (Phi) is 4.92. The normalized spacial score (nSPS) is 10.8. The molecule has 0 fully saturated rings. The number of benzene rings is 1. The van der Waals surface area contributed by atoms with Gasteiger partial charge in [-0.05, 0) is 12.1 Å². The highest BCUT2D eigenvalue weighted by molar-refractivity contribution is 7.14. The number of nitrogens with zero attached hydrogens (tertiary/aromatic N) is 2. The molecule has 1 aromatic carbocycles. The Hall–Kier alpha value is -1.66. The molecule has 1 N–H and O–H groups in total. The predicted octanol–water partition coefficient (Wildman–Crippen LogP) is 2.72. The second kappa shape index (κ2) is 6.67. The van der Waals surface area contributed by atoms with Crippen LogP contribution in [0.15, 0.2) is 18.2 Å². The summed E-state index contributed by atoms with van der Waals surface area (Å²) < 4.78 is 10.7. The van der Waals surface area contributed by atoms with Crippen LogP contribution in [0.5, 0.6) is 11.5 Å². The van der Waals surface area contributed by atoms with Crippen molar-refractivity contribution < 1.29 is 9.47 Å². The number of ether oxygens (including phenoxy) is 2. The second-order valence-corrected chi connectivity index (χ2v) is 5.64. The third-order valence-electron chi connectivity index (χ3n) is 2.76. The third-order valence-corrected chi connectivity index (χ3v) is 3.72. The molecule has 0 saturated carbocycles. The maximum atomic E-state index is 5.43. The number of nitrogens with one attached hydrogen (secondary N) is 1. The summed E-state index contributed by atoms with van der Waals surface area (Å²) in [6, 6.07) is 6.17. The summed E-state index contributed by atoms with van der Waals surface area (Å²) in [6.45, 7) is 4.93. The monoisotopic (exact) mass is 293 g/mol. The quantitative estimate of drug-likeness (QED) is 0.887. The van der Waals surface area contributed by atoms with Gasteiger partial charge in [-0.3, -0.25) is 0 Å². The Morgan fingerprint density at radius 3 is 2.65 bits per heavy atom. The maximum Gasteiger partial charge on any atom is 0.171 e. The van der Waals surface area contributed by atoms with E-state index >= 15 is 0 Å². The molecule has 0 spiro atoms. The van der Waals surface area contributed by atoms with Crippen molar-refractivity contribution >= 4 is 11.3 Å². The van der Waals surface area contributed by atoms with Gasteiger partial charge in [-0.2, -0.15) is 0 Å². The molecule has 20 heavy (non-hydrogen) atoms.